The molecule has 4 rings (SSSR count). The van der Waals surface area contributed by atoms with Crippen LogP contribution in [0.4, 0.5) is 8.78 Å². The van der Waals surface area contributed by atoms with E-state index in [0.29, 0.717) is 27.8 Å². The van der Waals surface area contributed by atoms with Crippen LogP contribution in [0.2, 0.25) is 5.02 Å². The molecule has 1 heterocycles. The highest BCUT2D eigenvalue weighted by Crippen LogP contribution is 2.43. The highest BCUT2D eigenvalue weighted by atomic mass is 35.5. The van der Waals surface area contributed by atoms with Crippen molar-refractivity contribution in [2.45, 2.75) is 18.9 Å². The van der Waals surface area contributed by atoms with Crippen molar-refractivity contribution < 1.29 is 13.9 Å². The molecule has 2 aromatic carbocycles. The van der Waals surface area contributed by atoms with E-state index >= 15 is 0 Å². The minimum atomic E-state index is -0.929. The molecular formula is C18H15ClF2N2O. The number of aromatic nitrogens is 2. The van der Waals surface area contributed by atoms with E-state index in [4.69, 9.17) is 11.6 Å². The fourth-order valence-electron chi connectivity index (χ4n) is 3.15. The lowest BCUT2D eigenvalue weighted by atomic mass is 10.1. The number of aliphatic hydroxyl groups excluding tert-OH is 1. The molecule has 0 spiro atoms. The Kier molecular flexibility index (Phi) is 3.77. The predicted octanol–water partition coefficient (Wildman–Crippen LogP) is 4.58. The summed E-state index contributed by atoms with van der Waals surface area (Å²) in [6, 6.07) is 9.16. The Labute approximate surface area is 142 Å². The monoisotopic (exact) mass is 348 g/mol. The van der Waals surface area contributed by atoms with E-state index in [2.05, 4.69) is 4.98 Å². The van der Waals surface area contributed by atoms with Crippen molar-refractivity contribution in [1.29, 1.82) is 0 Å². The molecule has 0 amide bonds. The normalized spacial score (nSPS) is 15.8. The number of imidazole rings is 1. The zero-order valence-electron chi connectivity index (χ0n) is 12.7. The maximum atomic E-state index is 13.8. The van der Waals surface area contributed by atoms with Gasteiger partial charge in [-0.1, -0.05) is 11.6 Å². The van der Waals surface area contributed by atoms with Crippen LogP contribution in [-0.4, -0.2) is 21.3 Å². The molecule has 3 nitrogen and oxygen atoms in total. The Morgan fingerprint density at radius 1 is 1.17 bits per heavy atom. The van der Waals surface area contributed by atoms with Crippen LogP contribution in [-0.2, 0) is 0 Å². The summed E-state index contributed by atoms with van der Waals surface area (Å²) in [5, 5.41) is 10.5. The summed E-state index contributed by atoms with van der Waals surface area (Å²) in [5.74, 6) is -0.940. The summed E-state index contributed by atoms with van der Waals surface area (Å²) < 4.78 is 29.2. The Morgan fingerprint density at radius 3 is 2.46 bits per heavy atom. The maximum Gasteiger partial charge on any atom is 0.161 e. The van der Waals surface area contributed by atoms with Gasteiger partial charge in [0.1, 0.15) is 5.82 Å². The van der Waals surface area contributed by atoms with Gasteiger partial charge in [0.2, 0.25) is 0 Å². The maximum absolute atomic E-state index is 13.8. The van der Waals surface area contributed by atoms with Gasteiger partial charge in [0, 0.05) is 22.7 Å². The molecule has 1 aliphatic carbocycles. The molecule has 1 fully saturated rings. The van der Waals surface area contributed by atoms with Crippen LogP contribution in [0.25, 0.3) is 22.4 Å². The van der Waals surface area contributed by atoms with Gasteiger partial charge in [-0.25, -0.2) is 13.8 Å². The Bertz CT molecular complexity index is 904. The fraction of sp³-hybridized carbons (Fsp3) is 0.278. The van der Waals surface area contributed by atoms with Crippen LogP contribution < -0.4 is 0 Å². The minimum Gasteiger partial charge on any atom is -0.394 e. The molecule has 0 radical (unpaired) electrons. The third kappa shape index (κ3) is 2.58. The molecule has 1 atom stereocenters. The summed E-state index contributed by atoms with van der Waals surface area (Å²) in [4.78, 5) is 4.50. The molecule has 124 valence electrons. The van der Waals surface area contributed by atoms with Crippen LogP contribution in [0.1, 0.15) is 18.9 Å². The number of benzene rings is 2. The molecule has 1 aliphatic rings. The standard InChI is InChI=1S/C18H15ClF2N2O/c19-12-5-3-11(4-6-12)18-22-15-7-13(20)14(21)8-16(15)23(18)17(9-24)10-1-2-10/h3-8,10,17,24H,1-2,9H2. The molecule has 0 saturated heterocycles. The second-order valence-electron chi connectivity index (χ2n) is 6.15. The fourth-order valence-corrected chi connectivity index (χ4v) is 3.28. The van der Waals surface area contributed by atoms with E-state index < -0.39 is 11.6 Å². The minimum absolute atomic E-state index is 0.0737. The number of hydrogen-bond donors (Lipinski definition) is 1. The van der Waals surface area contributed by atoms with Gasteiger partial charge < -0.3 is 9.67 Å². The van der Waals surface area contributed by atoms with E-state index in [1.165, 1.54) is 0 Å². The van der Waals surface area contributed by atoms with Gasteiger partial charge in [0.15, 0.2) is 11.6 Å². The molecule has 1 aromatic heterocycles. The van der Waals surface area contributed by atoms with Crippen molar-refractivity contribution >= 4 is 22.6 Å². The molecule has 0 bridgehead atoms. The van der Waals surface area contributed by atoms with Gasteiger partial charge in [-0.3, -0.25) is 0 Å². The highest BCUT2D eigenvalue weighted by molar-refractivity contribution is 6.30. The lowest BCUT2D eigenvalue weighted by Gasteiger charge is -2.19. The van der Waals surface area contributed by atoms with Crippen molar-refractivity contribution in [3.63, 3.8) is 0 Å². The number of fused-ring (bicyclic) bond motifs is 1. The molecule has 3 aromatic rings. The Balaban J connectivity index is 1.98. The quantitative estimate of drug-likeness (QED) is 0.749. The van der Waals surface area contributed by atoms with Gasteiger partial charge in [-0.05, 0) is 43.0 Å². The average Bonchev–Trinajstić information content (AvgIpc) is 3.34. The lowest BCUT2D eigenvalue weighted by molar-refractivity contribution is 0.216. The molecule has 24 heavy (non-hydrogen) atoms. The molecule has 0 aliphatic heterocycles. The summed E-state index contributed by atoms with van der Waals surface area (Å²) in [6.45, 7) is -0.0737. The molecular weight excluding hydrogens is 334 g/mol. The molecule has 1 unspecified atom stereocenters. The molecule has 1 N–H and O–H groups in total. The lowest BCUT2D eigenvalue weighted by Crippen LogP contribution is -2.16. The van der Waals surface area contributed by atoms with E-state index in [9.17, 15) is 13.9 Å². The summed E-state index contributed by atoms with van der Waals surface area (Å²) in [7, 11) is 0. The largest absolute Gasteiger partial charge is 0.394 e. The third-order valence-corrected chi connectivity index (χ3v) is 4.77. The third-order valence-electron chi connectivity index (χ3n) is 4.52. The highest BCUT2D eigenvalue weighted by Gasteiger charge is 2.34. The first-order valence-electron chi connectivity index (χ1n) is 7.82. The van der Waals surface area contributed by atoms with Crippen molar-refractivity contribution in [2.24, 2.45) is 5.92 Å². The second-order valence-corrected chi connectivity index (χ2v) is 6.59. The Hall–Kier alpha value is -1.98. The van der Waals surface area contributed by atoms with Crippen molar-refractivity contribution in [2.75, 3.05) is 6.61 Å². The smallest absolute Gasteiger partial charge is 0.161 e. The first-order chi connectivity index (χ1) is 11.6. The summed E-state index contributed by atoms with van der Waals surface area (Å²) in [5.41, 5.74) is 1.65. The van der Waals surface area contributed by atoms with Crippen LogP contribution in [0, 0.1) is 17.6 Å². The number of halogens is 3. The van der Waals surface area contributed by atoms with Crippen LogP contribution in [0.15, 0.2) is 36.4 Å². The van der Waals surface area contributed by atoms with Crippen molar-refractivity contribution in [3.8, 4) is 11.4 Å². The van der Waals surface area contributed by atoms with E-state index in [1.54, 1.807) is 12.1 Å². The Morgan fingerprint density at radius 2 is 1.83 bits per heavy atom. The molecule has 6 heteroatoms. The zero-order chi connectivity index (χ0) is 16.8. The van der Waals surface area contributed by atoms with Crippen LogP contribution >= 0.6 is 11.6 Å². The summed E-state index contributed by atoms with van der Waals surface area (Å²) >= 11 is 5.94. The molecule has 1 saturated carbocycles. The zero-order valence-corrected chi connectivity index (χ0v) is 13.5. The van der Waals surface area contributed by atoms with E-state index in [0.717, 1.165) is 30.5 Å². The van der Waals surface area contributed by atoms with Crippen LogP contribution in [0.5, 0.6) is 0 Å². The van der Waals surface area contributed by atoms with E-state index in [1.807, 2.05) is 16.7 Å². The summed E-state index contributed by atoms with van der Waals surface area (Å²) in [6.07, 6.45) is 2.02. The number of nitrogens with zero attached hydrogens (tertiary/aromatic N) is 2. The average molecular weight is 349 g/mol. The van der Waals surface area contributed by atoms with Gasteiger partial charge in [0.25, 0.3) is 0 Å². The number of rotatable bonds is 4. The predicted molar refractivity (Wildman–Crippen MR) is 88.9 cm³/mol. The number of aliphatic hydroxyl groups is 1. The van der Waals surface area contributed by atoms with Gasteiger partial charge >= 0.3 is 0 Å². The van der Waals surface area contributed by atoms with Crippen LogP contribution in [0.3, 0.4) is 0 Å². The van der Waals surface area contributed by atoms with Gasteiger partial charge in [-0.2, -0.15) is 0 Å². The topological polar surface area (TPSA) is 38.0 Å². The SMILES string of the molecule is OCC(C1CC1)n1c(-c2ccc(Cl)cc2)nc2cc(F)c(F)cc21. The van der Waals surface area contributed by atoms with Crippen molar-refractivity contribution in [3.05, 3.63) is 53.1 Å². The first-order valence-corrected chi connectivity index (χ1v) is 8.20. The number of hydrogen-bond acceptors (Lipinski definition) is 2. The van der Waals surface area contributed by atoms with Crippen molar-refractivity contribution in [1.82, 2.24) is 9.55 Å². The van der Waals surface area contributed by atoms with Gasteiger partial charge in [0.05, 0.1) is 23.7 Å². The van der Waals surface area contributed by atoms with Gasteiger partial charge in [-0.15, -0.1) is 0 Å². The second kappa shape index (κ2) is 5.83. The first kappa shape index (κ1) is 15.5. The van der Waals surface area contributed by atoms with E-state index in [-0.39, 0.29) is 12.6 Å².